The molecule has 0 spiro atoms. The highest BCUT2D eigenvalue weighted by molar-refractivity contribution is 6.31. The second-order valence-electron chi connectivity index (χ2n) is 7.88. The fraction of sp³-hybridized carbons (Fsp3) is 0.579. The number of nitrogens with zero attached hydrogens (tertiary/aromatic N) is 3. The lowest BCUT2D eigenvalue weighted by atomic mass is 9.96. The Hall–Kier alpha value is -1.99. The molecule has 27 heavy (non-hydrogen) atoms. The summed E-state index contributed by atoms with van der Waals surface area (Å²) in [6, 6.07) is 7.13. The Morgan fingerprint density at radius 1 is 1.19 bits per heavy atom. The molecule has 2 rings (SSSR count). The highest BCUT2D eigenvalue weighted by Crippen LogP contribution is 2.28. The van der Waals surface area contributed by atoms with Crippen molar-refractivity contribution >= 4 is 23.7 Å². The molecule has 150 valence electrons. The number of aliphatic hydroxyl groups is 1. The third-order valence-electron chi connectivity index (χ3n) is 4.26. The number of benzene rings is 1. The molecule has 0 aromatic heterocycles. The van der Waals surface area contributed by atoms with Crippen molar-refractivity contribution in [2.45, 2.75) is 38.9 Å². The van der Waals surface area contributed by atoms with Crippen LogP contribution in [0.2, 0.25) is 5.02 Å². The van der Waals surface area contributed by atoms with Gasteiger partial charge in [-0.1, -0.05) is 29.8 Å². The van der Waals surface area contributed by atoms with Crippen molar-refractivity contribution in [1.29, 1.82) is 0 Å². The normalized spacial score (nSPS) is 18.2. The first-order valence-electron chi connectivity index (χ1n) is 9.00. The molecule has 1 heterocycles. The molecule has 3 N–H and O–H groups in total. The van der Waals surface area contributed by atoms with Gasteiger partial charge in [0.1, 0.15) is 11.2 Å². The standard InChI is InChI=1S/C19H29ClN4O3/c1-18(2,3)27-17(25)24-11-9-23(10-12-24)16(21)22-13-19(4,26)14-7-5-6-8-15(14)20/h5-8,26H,9-13H2,1-4H3,(H2,21,22). The van der Waals surface area contributed by atoms with Crippen molar-refractivity contribution in [2.75, 3.05) is 32.7 Å². The van der Waals surface area contributed by atoms with Crippen molar-refractivity contribution in [3.63, 3.8) is 0 Å². The minimum absolute atomic E-state index is 0.0921. The van der Waals surface area contributed by atoms with E-state index < -0.39 is 11.2 Å². The number of aliphatic imine (C=N–C) groups is 1. The number of hydrogen-bond acceptors (Lipinski definition) is 4. The van der Waals surface area contributed by atoms with Crippen LogP contribution in [0, 0.1) is 0 Å². The first kappa shape index (κ1) is 21.3. The van der Waals surface area contributed by atoms with Gasteiger partial charge in [-0.05, 0) is 33.8 Å². The summed E-state index contributed by atoms with van der Waals surface area (Å²) in [7, 11) is 0. The lowest BCUT2D eigenvalue weighted by Crippen LogP contribution is -2.53. The van der Waals surface area contributed by atoms with Crippen molar-refractivity contribution in [3.8, 4) is 0 Å². The summed E-state index contributed by atoms with van der Waals surface area (Å²) in [6.07, 6.45) is -0.320. The molecule has 1 saturated heterocycles. The van der Waals surface area contributed by atoms with Gasteiger partial charge in [0.25, 0.3) is 0 Å². The molecule has 0 aliphatic carbocycles. The van der Waals surface area contributed by atoms with Gasteiger partial charge >= 0.3 is 6.09 Å². The molecule has 1 aromatic carbocycles. The van der Waals surface area contributed by atoms with E-state index in [1.807, 2.05) is 37.8 Å². The SMILES string of the molecule is CC(C)(C)OC(=O)N1CCN(C(N)=NCC(C)(O)c2ccccc2Cl)CC1. The van der Waals surface area contributed by atoms with Gasteiger partial charge in [-0.25, -0.2) is 9.79 Å². The Morgan fingerprint density at radius 3 is 2.30 bits per heavy atom. The molecule has 0 radical (unpaired) electrons. The summed E-state index contributed by atoms with van der Waals surface area (Å²) in [5.74, 6) is 0.339. The van der Waals surface area contributed by atoms with E-state index in [2.05, 4.69) is 4.99 Å². The average molecular weight is 397 g/mol. The summed E-state index contributed by atoms with van der Waals surface area (Å²) in [6.45, 7) is 9.41. The van der Waals surface area contributed by atoms with Crippen LogP contribution in [0.1, 0.15) is 33.3 Å². The zero-order valence-corrected chi connectivity index (χ0v) is 17.2. The quantitative estimate of drug-likeness (QED) is 0.604. The predicted molar refractivity (Wildman–Crippen MR) is 107 cm³/mol. The first-order valence-corrected chi connectivity index (χ1v) is 9.37. The minimum atomic E-state index is -1.22. The van der Waals surface area contributed by atoms with Crippen molar-refractivity contribution in [3.05, 3.63) is 34.9 Å². The number of carbonyl (C=O) groups is 1. The Morgan fingerprint density at radius 2 is 1.74 bits per heavy atom. The first-order chi connectivity index (χ1) is 12.5. The third kappa shape index (κ3) is 6.01. The summed E-state index contributed by atoms with van der Waals surface area (Å²) in [5.41, 5.74) is 4.97. The van der Waals surface area contributed by atoms with E-state index in [9.17, 15) is 9.90 Å². The number of ether oxygens (including phenoxy) is 1. The van der Waals surface area contributed by atoms with Gasteiger partial charge < -0.3 is 25.4 Å². The van der Waals surface area contributed by atoms with Gasteiger partial charge in [0.2, 0.25) is 0 Å². The highest BCUT2D eigenvalue weighted by atomic mass is 35.5. The molecule has 1 atom stereocenters. The van der Waals surface area contributed by atoms with E-state index >= 15 is 0 Å². The molecule has 7 nitrogen and oxygen atoms in total. The molecule has 8 heteroatoms. The Kier molecular flexibility index (Phi) is 6.59. The number of piperazine rings is 1. The van der Waals surface area contributed by atoms with Crippen molar-refractivity contribution in [1.82, 2.24) is 9.80 Å². The van der Waals surface area contributed by atoms with E-state index in [1.165, 1.54) is 0 Å². The van der Waals surface area contributed by atoms with Gasteiger partial charge in [-0.2, -0.15) is 0 Å². The maximum Gasteiger partial charge on any atom is 0.410 e. The van der Waals surface area contributed by atoms with Crippen molar-refractivity contribution in [2.24, 2.45) is 10.7 Å². The zero-order valence-electron chi connectivity index (χ0n) is 16.4. The Balaban J connectivity index is 1.92. The fourth-order valence-electron chi connectivity index (χ4n) is 2.76. The molecule has 1 unspecified atom stereocenters. The smallest absolute Gasteiger partial charge is 0.410 e. The van der Waals surface area contributed by atoms with Crippen LogP contribution in [-0.2, 0) is 10.3 Å². The van der Waals surface area contributed by atoms with Crippen LogP contribution in [0.15, 0.2) is 29.3 Å². The Bertz CT molecular complexity index is 692. The topological polar surface area (TPSA) is 91.4 Å². The maximum atomic E-state index is 12.1. The number of guanidine groups is 1. The van der Waals surface area contributed by atoms with Crippen LogP contribution in [0.5, 0.6) is 0 Å². The van der Waals surface area contributed by atoms with E-state index in [1.54, 1.807) is 24.0 Å². The molecular weight excluding hydrogens is 368 g/mol. The molecule has 1 amide bonds. The fourth-order valence-corrected chi connectivity index (χ4v) is 3.10. The number of amides is 1. The summed E-state index contributed by atoms with van der Waals surface area (Å²) < 4.78 is 5.39. The summed E-state index contributed by atoms with van der Waals surface area (Å²) >= 11 is 6.16. The molecular formula is C19H29ClN4O3. The predicted octanol–water partition coefficient (Wildman–Crippen LogP) is 2.41. The van der Waals surface area contributed by atoms with Crippen LogP contribution in [-0.4, -0.2) is 65.3 Å². The highest BCUT2D eigenvalue weighted by Gasteiger charge is 2.28. The third-order valence-corrected chi connectivity index (χ3v) is 4.59. The van der Waals surface area contributed by atoms with Crippen LogP contribution in [0.25, 0.3) is 0 Å². The molecule has 1 aliphatic heterocycles. The molecule has 0 saturated carbocycles. The summed E-state index contributed by atoms with van der Waals surface area (Å²) in [4.78, 5) is 20.0. The van der Waals surface area contributed by atoms with Crippen LogP contribution in [0.3, 0.4) is 0 Å². The summed E-state index contributed by atoms with van der Waals surface area (Å²) in [5, 5.41) is 11.2. The van der Waals surface area contributed by atoms with E-state index in [4.69, 9.17) is 22.1 Å². The number of rotatable bonds is 3. The van der Waals surface area contributed by atoms with Gasteiger partial charge in [0.05, 0.1) is 6.54 Å². The molecule has 1 aromatic rings. The van der Waals surface area contributed by atoms with Gasteiger partial charge in [0, 0.05) is 36.8 Å². The molecule has 1 aliphatic rings. The van der Waals surface area contributed by atoms with Gasteiger partial charge in [-0.15, -0.1) is 0 Å². The second-order valence-corrected chi connectivity index (χ2v) is 8.29. The zero-order chi connectivity index (χ0) is 20.2. The Labute approximate surface area is 165 Å². The lowest BCUT2D eigenvalue weighted by molar-refractivity contribution is 0.0186. The largest absolute Gasteiger partial charge is 0.444 e. The van der Waals surface area contributed by atoms with Gasteiger partial charge in [0.15, 0.2) is 5.96 Å². The van der Waals surface area contributed by atoms with Crippen LogP contribution >= 0.6 is 11.6 Å². The number of carbonyl (C=O) groups excluding carboxylic acids is 1. The number of hydrogen-bond donors (Lipinski definition) is 2. The lowest BCUT2D eigenvalue weighted by Gasteiger charge is -2.36. The van der Waals surface area contributed by atoms with E-state index in [0.717, 1.165) is 0 Å². The van der Waals surface area contributed by atoms with E-state index in [-0.39, 0.29) is 12.6 Å². The monoisotopic (exact) mass is 396 g/mol. The maximum absolute atomic E-state index is 12.1. The average Bonchev–Trinajstić information content (AvgIpc) is 2.58. The van der Waals surface area contributed by atoms with Crippen LogP contribution < -0.4 is 5.73 Å². The van der Waals surface area contributed by atoms with Crippen LogP contribution in [0.4, 0.5) is 4.79 Å². The molecule has 1 fully saturated rings. The van der Waals surface area contributed by atoms with Gasteiger partial charge in [-0.3, -0.25) is 0 Å². The second kappa shape index (κ2) is 8.35. The number of nitrogens with two attached hydrogens (primary N) is 1. The molecule has 0 bridgehead atoms. The van der Waals surface area contributed by atoms with Crippen molar-refractivity contribution < 1.29 is 14.6 Å². The minimum Gasteiger partial charge on any atom is -0.444 e. The van der Waals surface area contributed by atoms with E-state index in [0.29, 0.717) is 42.7 Å². The number of halogens is 1.